The highest BCUT2D eigenvalue weighted by atomic mass is 19.4. The van der Waals surface area contributed by atoms with Crippen LogP contribution in [-0.2, 0) is 6.18 Å². The van der Waals surface area contributed by atoms with E-state index in [-0.39, 0.29) is 22.7 Å². The van der Waals surface area contributed by atoms with Crippen molar-refractivity contribution >= 4 is 11.7 Å². The normalized spacial score (nSPS) is 11.2. The fraction of sp³-hybridized carbons (Fsp3) is 0.0714. The number of anilines is 1. The summed E-state index contributed by atoms with van der Waals surface area (Å²) in [6, 6.07) is 7.93. The molecule has 4 nitrogen and oxygen atoms in total. The van der Waals surface area contributed by atoms with Gasteiger partial charge in [-0.15, -0.1) is 0 Å². The summed E-state index contributed by atoms with van der Waals surface area (Å²) in [7, 11) is 0. The van der Waals surface area contributed by atoms with E-state index in [1.165, 1.54) is 18.2 Å². The molecular formula is C14H10F3NO3. The van der Waals surface area contributed by atoms with Crippen LogP contribution < -0.4 is 10.5 Å². The summed E-state index contributed by atoms with van der Waals surface area (Å²) in [6.45, 7) is 0. The summed E-state index contributed by atoms with van der Waals surface area (Å²) in [5.41, 5.74) is 4.74. The standard InChI is InChI=1S/C14H10F3NO3/c15-14(16,17)8-1-4-10(5-2-8)21-12-6-3-9(18)7-11(12)13(19)20/h1-7H,18H2,(H,19,20). The summed E-state index contributed by atoms with van der Waals surface area (Å²) >= 11 is 0. The van der Waals surface area contributed by atoms with Gasteiger partial charge in [-0.2, -0.15) is 13.2 Å². The number of alkyl halides is 3. The van der Waals surface area contributed by atoms with Gasteiger partial charge < -0.3 is 15.6 Å². The number of halogens is 3. The predicted molar refractivity (Wildman–Crippen MR) is 69.3 cm³/mol. The van der Waals surface area contributed by atoms with Crippen LogP contribution in [0, 0.1) is 0 Å². The van der Waals surface area contributed by atoms with Gasteiger partial charge in [0.05, 0.1) is 5.56 Å². The van der Waals surface area contributed by atoms with E-state index in [4.69, 9.17) is 15.6 Å². The van der Waals surface area contributed by atoms with Crippen molar-refractivity contribution in [1.82, 2.24) is 0 Å². The molecule has 0 aliphatic heterocycles. The zero-order valence-corrected chi connectivity index (χ0v) is 10.5. The maximum absolute atomic E-state index is 12.4. The Morgan fingerprint density at radius 3 is 2.24 bits per heavy atom. The van der Waals surface area contributed by atoms with E-state index in [2.05, 4.69) is 0 Å². The molecular weight excluding hydrogens is 287 g/mol. The highest BCUT2D eigenvalue weighted by Gasteiger charge is 2.30. The molecule has 2 rings (SSSR count). The maximum atomic E-state index is 12.4. The van der Waals surface area contributed by atoms with Gasteiger partial charge in [-0.3, -0.25) is 0 Å². The van der Waals surface area contributed by atoms with E-state index >= 15 is 0 Å². The smallest absolute Gasteiger partial charge is 0.416 e. The van der Waals surface area contributed by atoms with Gasteiger partial charge in [-0.1, -0.05) is 0 Å². The first kappa shape index (κ1) is 14.7. The zero-order valence-electron chi connectivity index (χ0n) is 10.5. The zero-order chi connectivity index (χ0) is 15.6. The fourth-order valence-electron chi connectivity index (χ4n) is 1.64. The van der Waals surface area contributed by atoms with Gasteiger partial charge in [-0.25, -0.2) is 4.79 Å². The second kappa shape index (κ2) is 5.35. The van der Waals surface area contributed by atoms with E-state index in [0.717, 1.165) is 24.3 Å². The van der Waals surface area contributed by atoms with Crippen molar-refractivity contribution in [3.63, 3.8) is 0 Å². The number of rotatable bonds is 3. The average molecular weight is 297 g/mol. The first-order valence-corrected chi connectivity index (χ1v) is 5.75. The Bertz CT molecular complexity index is 666. The minimum atomic E-state index is -4.44. The summed E-state index contributed by atoms with van der Waals surface area (Å²) < 4.78 is 42.6. The number of ether oxygens (including phenoxy) is 1. The molecule has 0 fully saturated rings. The van der Waals surface area contributed by atoms with Crippen LogP contribution in [0.15, 0.2) is 42.5 Å². The molecule has 7 heteroatoms. The van der Waals surface area contributed by atoms with Gasteiger partial charge in [0, 0.05) is 5.69 Å². The van der Waals surface area contributed by atoms with Crippen molar-refractivity contribution in [3.8, 4) is 11.5 Å². The van der Waals surface area contributed by atoms with Gasteiger partial charge in [0.2, 0.25) is 0 Å². The molecule has 0 spiro atoms. The molecule has 0 aromatic heterocycles. The topological polar surface area (TPSA) is 72.5 Å². The van der Waals surface area contributed by atoms with E-state index in [0.29, 0.717) is 0 Å². The highest BCUT2D eigenvalue weighted by Crippen LogP contribution is 2.32. The Kier molecular flexibility index (Phi) is 3.75. The molecule has 21 heavy (non-hydrogen) atoms. The van der Waals surface area contributed by atoms with E-state index in [1.54, 1.807) is 0 Å². The second-order valence-electron chi connectivity index (χ2n) is 4.18. The van der Waals surface area contributed by atoms with Crippen LogP contribution >= 0.6 is 0 Å². The minimum absolute atomic E-state index is 0.00328. The molecule has 2 aromatic rings. The molecule has 0 saturated heterocycles. The molecule has 0 unspecified atom stereocenters. The Labute approximate surface area is 117 Å². The number of benzene rings is 2. The Balaban J connectivity index is 2.28. The van der Waals surface area contributed by atoms with Crippen molar-refractivity contribution in [3.05, 3.63) is 53.6 Å². The van der Waals surface area contributed by atoms with Crippen molar-refractivity contribution < 1.29 is 27.8 Å². The largest absolute Gasteiger partial charge is 0.478 e. The first-order chi connectivity index (χ1) is 9.77. The van der Waals surface area contributed by atoms with Crippen LogP contribution in [0.1, 0.15) is 15.9 Å². The lowest BCUT2D eigenvalue weighted by Crippen LogP contribution is -2.04. The quantitative estimate of drug-likeness (QED) is 0.846. The van der Waals surface area contributed by atoms with E-state index in [1.807, 2.05) is 0 Å². The number of carbonyl (C=O) groups is 1. The van der Waals surface area contributed by atoms with Crippen LogP contribution in [0.25, 0.3) is 0 Å². The third kappa shape index (κ3) is 3.44. The van der Waals surface area contributed by atoms with E-state index < -0.39 is 17.7 Å². The van der Waals surface area contributed by atoms with Gasteiger partial charge in [-0.05, 0) is 42.5 Å². The molecule has 3 N–H and O–H groups in total. The molecule has 0 aliphatic rings. The van der Waals surface area contributed by atoms with Crippen molar-refractivity contribution in [2.24, 2.45) is 0 Å². The number of nitrogen functional groups attached to an aromatic ring is 1. The summed E-state index contributed by atoms with van der Waals surface area (Å²) in [6.07, 6.45) is -4.44. The number of carboxylic acids is 1. The minimum Gasteiger partial charge on any atom is -0.478 e. The van der Waals surface area contributed by atoms with Crippen LogP contribution in [0.4, 0.5) is 18.9 Å². The predicted octanol–water partition coefficient (Wildman–Crippen LogP) is 3.78. The lowest BCUT2D eigenvalue weighted by atomic mass is 10.1. The van der Waals surface area contributed by atoms with Crippen molar-refractivity contribution in [2.45, 2.75) is 6.18 Å². The number of carboxylic acid groups (broad SMARTS) is 1. The molecule has 0 bridgehead atoms. The number of hydrogen-bond donors (Lipinski definition) is 2. The molecule has 0 amide bonds. The lowest BCUT2D eigenvalue weighted by Gasteiger charge is -2.11. The summed E-state index contributed by atoms with van der Waals surface area (Å²) in [5, 5.41) is 9.03. The lowest BCUT2D eigenvalue weighted by molar-refractivity contribution is -0.137. The van der Waals surface area contributed by atoms with Gasteiger partial charge in [0.1, 0.15) is 17.1 Å². The molecule has 0 saturated carbocycles. The Morgan fingerprint density at radius 2 is 1.71 bits per heavy atom. The molecule has 0 atom stereocenters. The van der Waals surface area contributed by atoms with E-state index in [9.17, 15) is 18.0 Å². The van der Waals surface area contributed by atoms with Crippen molar-refractivity contribution in [1.29, 1.82) is 0 Å². The van der Waals surface area contributed by atoms with Gasteiger partial charge in [0.15, 0.2) is 0 Å². The van der Waals surface area contributed by atoms with Crippen LogP contribution in [0.3, 0.4) is 0 Å². The van der Waals surface area contributed by atoms with Crippen LogP contribution in [-0.4, -0.2) is 11.1 Å². The average Bonchev–Trinajstić information content (AvgIpc) is 2.40. The molecule has 2 aromatic carbocycles. The maximum Gasteiger partial charge on any atom is 0.416 e. The van der Waals surface area contributed by atoms with Gasteiger partial charge >= 0.3 is 12.1 Å². The monoisotopic (exact) mass is 297 g/mol. The number of aromatic carboxylic acids is 1. The summed E-state index contributed by atoms with van der Waals surface area (Å²) in [5.74, 6) is -1.16. The summed E-state index contributed by atoms with van der Waals surface area (Å²) in [4.78, 5) is 11.1. The highest BCUT2D eigenvalue weighted by molar-refractivity contribution is 5.92. The fourth-order valence-corrected chi connectivity index (χ4v) is 1.64. The SMILES string of the molecule is Nc1ccc(Oc2ccc(C(F)(F)F)cc2)c(C(=O)O)c1. The second-order valence-corrected chi connectivity index (χ2v) is 4.18. The third-order valence-corrected chi connectivity index (χ3v) is 2.64. The van der Waals surface area contributed by atoms with Crippen LogP contribution in [0.2, 0.25) is 0 Å². The molecule has 0 aliphatic carbocycles. The van der Waals surface area contributed by atoms with Gasteiger partial charge in [0.25, 0.3) is 0 Å². The molecule has 0 radical (unpaired) electrons. The number of nitrogens with two attached hydrogens (primary N) is 1. The molecule has 110 valence electrons. The van der Waals surface area contributed by atoms with Crippen molar-refractivity contribution in [2.75, 3.05) is 5.73 Å². The first-order valence-electron chi connectivity index (χ1n) is 5.75. The Hall–Kier alpha value is -2.70. The third-order valence-electron chi connectivity index (χ3n) is 2.64. The number of hydrogen-bond acceptors (Lipinski definition) is 3. The van der Waals surface area contributed by atoms with Crippen LogP contribution in [0.5, 0.6) is 11.5 Å². The molecule has 0 heterocycles. The Morgan fingerprint density at radius 1 is 1.10 bits per heavy atom.